The molecule has 2 N–H and O–H groups in total. The average molecular weight is 247 g/mol. The minimum atomic E-state index is 0.206. The van der Waals surface area contributed by atoms with E-state index in [2.05, 4.69) is 5.10 Å². The molecule has 2 heterocycles. The zero-order chi connectivity index (χ0) is 12.7. The van der Waals surface area contributed by atoms with Crippen LogP contribution in [0.2, 0.25) is 0 Å². The Kier molecular flexibility index (Phi) is 2.29. The molecule has 6 heteroatoms. The molecule has 0 fully saturated rings. The van der Waals surface area contributed by atoms with Crippen LogP contribution in [0.1, 0.15) is 0 Å². The van der Waals surface area contributed by atoms with Crippen molar-refractivity contribution < 1.29 is 14.2 Å². The fourth-order valence-electron chi connectivity index (χ4n) is 2.02. The molecule has 0 spiro atoms. The van der Waals surface area contributed by atoms with E-state index in [1.165, 1.54) is 0 Å². The van der Waals surface area contributed by atoms with Gasteiger partial charge in [0.25, 0.3) is 0 Å². The summed E-state index contributed by atoms with van der Waals surface area (Å²) < 4.78 is 17.7. The monoisotopic (exact) mass is 247 g/mol. The van der Waals surface area contributed by atoms with Crippen molar-refractivity contribution in [2.24, 2.45) is 7.05 Å². The molecule has 0 atom stereocenters. The lowest BCUT2D eigenvalue weighted by Crippen LogP contribution is -1.99. The maximum absolute atomic E-state index is 5.98. The average Bonchev–Trinajstić information content (AvgIpc) is 2.97. The van der Waals surface area contributed by atoms with Crippen molar-refractivity contribution in [1.29, 1.82) is 0 Å². The molecule has 0 unspecified atom stereocenters. The predicted molar refractivity (Wildman–Crippen MR) is 65.7 cm³/mol. The first kappa shape index (κ1) is 10.8. The summed E-state index contributed by atoms with van der Waals surface area (Å²) in [6.45, 7) is 0.206. The van der Waals surface area contributed by atoms with Crippen LogP contribution in [0.4, 0.5) is 5.82 Å². The van der Waals surface area contributed by atoms with E-state index in [-0.39, 0.29) is 6.79 Å². The van der Waals surface area contributed by atoms with Crippen LogP contribution in [0.3, 0.4) is 0 Å². The van der Waals surface area contributed by atoms with Gasteiger partial charge in [0, 0.05) is 18.2 Å². The van der Waals surface area contributed by atoms with E-state index in [9.17, 15) is 0 Å². The fraction of sp³-hybridized carbons (Fsp3) is 0.250. The van der Waals surface area contributed by atoms with Gasteiger partial charge in [-0.05, 0) is 12.1 Å². The number of hydrogen-bond donors (Lipinski definition) is 1. The van der Waals surface area contributed by atoms with E-state index in [4.69, 9.17) is 19.9 Å². The first-order valence-corrected chi connectivity index (χ1v) is 5.47. The smallest absolute Gasteiger partial charge is 0.231 e. The van der Waals surface area contributed by atoms with Gasteiger partial charge in [0.1, 0.15) is 5.82 Å². The maximum atomic E-state index is 5.98. The Morgan fingerprint density at radius 2 is 2.17 bits per heavy atom. The number of methoxy groups -OCH3 is 1. The molecule has 1 aromatic heterocycles. The van der Waals surface area contributed by atoms with E-state index in [0.717, 1.165) is 11.1 Å². The largest absolute Gasteiger partial charge is 0.492 e. The Morgan fingerprint density at radius 3 is 2.83 bits per heavy atom. The maximum Gasteiger partial charge on any atom is 0.231 e. The van der Waals surface area contributed by atoms with Crippen molar-refractivity contribution >= 4 is 5.82 Å². The molecule has 0 radical (unpaired) electrons. The van der Waals surface area contributed by atoms with Crippen molar-refractivity contribution in [3.8, 4) is 28.4 Å². The number of nitrogens with two attached hydrogens (primary N) is 1. The predicted octanol–water partition coefficient (Wildman–Crippen LogP) is 1.41. The van der Waals surface area contributed by atoms with Gasteiger partial charge in [-0.2, -0.15) is 5.10 Å². The highest BCUT2D eigenvalue weighted by Gasteiger charge is 2.24. The molecule has 18 heavy (non-hydrogen) atoms. The summed E-state index contributed by atoms with van der Waals surface area (Å²) in [5.74, 6) is 2.48. The zero-order valence-corrected chi connectivity index (χ0v) is 10.1. The highest BCUT2D eigenvalue weighted by Crippen LogP contribution is 2.47. The molecular formula is C12H13N3O3. The number of anilines is 1. The Morgan fingerprint density at radius 1 is 1.33 bits per heavy atom. The van der Waals surface area contributed by atoms with Gasteiger partial charge in [-0.25, -0.2) is 0 Å². The number of aryl methyl sites for hydroxylation is 1. The Labute approximate surface area is 104 Å². The summed E-state index contributed by atoms with van der Waals surface area (Å²) in [5, 5.41) is 4.13. The summed E-state index contributed by atoms with van der Waals surface area (Å²) in [7, 11) is 3.38. The van der Waals surface area contributed by atoms with Crippen LogP contribution < -0.4 is 19.9 Å². The van der Waals surface area contributed by atoms with Crippen LogP contribution in [0.15, 0.2) is 18.3 Å². The lowest BCUT2D eigenvalue weighted by atomic mass is 10.1. The van der Waals surface area contributed by atoms with Gasteiger partial charge in [-0.15, -0.1) is 0 Å². The van der Waals surface area contributed by atoms with Gasteiger partial charge in [0.05, 0.1) is 13.3 Å². The lowest BCUT2D eigenvalue weighted by Gasteiger charge is -2.10. The van der Waals surface area contributed by atoms with E-state index in [1.54, 1.807) is 25.0 Å². The SMILES string of the molecule is COc1c(-c2cnn(C)c2N)ccc2c1OCO2. The van der Waals surface area contributed by atoms with E-state index in [0.29, 0.717) is 23.1 Å². The molecule has 0 aliphatic carbocycles. The third-order valence-corrected chi connectivity index (χ3v) is 2.97. The highest BCUT2D eigenvalue weighted by molar-refractivity contribution is 5.82. The molecular weight excluding hydrogens is 234 g/mol. The first-order chi connectivity index (χ1) is 8.72. The van der Waals surface area contributed by atoms with Gasteiger partial charge in [0.2, 0.25) is 12.5 Å². The molecule has 1 aromatic carbocycles. The number of benzene rings is 1. The second-order valence-corrected chi connectivity index (χ2v) is 3.95. The molecule has 0 bridgehead atoms. The second-order valence-electron chi connectivity index (χ2n) is 3.95. The summed E-state index contributed by atoms with van der Waals surface area (Å²) in [4.78, 5) is 0. The molecule has 0 amide bonds. The van der Waals surface area contributed by atoms with E-state index >= 15 is 0 Å². The molecule has 0 saturated heterocycles. The highest BCUT2D eigenvalue weighted by atomic mass is 16.7. The Bertz CT molecular complexity index is 607. The van der Waals surface area contributed by atoms with Gasteiger partial charge in [-0.3, -0.25) is 4.68 Å². The standard InChI is InChI=1S/C12H13N3O3/c1-15-12(13)8(5-14-15)7-3-4-9-11(10(7)16-2)18-6-17-9/h3-5H,6,13H2,1-2H3. The number of hydrogen-bond acceptors (Lipinski definition) is 5. The third kappa shape index (κ3) is 1.38. The number of aromatic nitrogens is 2. The topological polar surface area (TPSA) is 71.5 Å². The quantitative estimate of drug-likeness (QED) is 0.868. The fourth-order valence-corrected chi connectivity index (χ4v) is 2.02. The molecule has 6 nitrogen and oxygen atoms in total. The van der Waals surface area contributed by atoms with Gasteiger partial charge in [-0.1, -0.05) is 0 Å². The van der Waals surface area contributed by atoms with Crippen LogP contribution in [0.25, 0.3) is 11.1 Å². The molecule has 0 saturated carbocycles. The number of rotatable bonds is 2. The van der Waals surface area contributed by atoms with Gasteiger partial charge < -0.3 is 19.9 Å². The van der Waals surface area contributed by atoms with Crippen LogP contribution in [0.5, 0.6) is 17.2 Å². The molecule has 94 valence electrons. The van der Waals surface area contributed by atoms with Crippen LogP contribution in [0, 0.1) is 0 Å². The third-order valence-electron chi connectivity index (χ3n) is 2.97. The number of nitrogen functional groups attached to an aromatic ring is 1. The Balaban J connectivity index is 2.21. The summed E-state index contributed by atoms with van der Waals surface area (Å²) >= 11 is 0. The minimum absolute atomic E-state index is 0.206. The van der Waals surface area contributed by atoms with Crippen LogP contribution >= 0.6 is 0 Å². The normalized spacial score (nSPS) is 12.8. The van der Waals surface area contributed by atoms with E-state index < -0.39 is 0 Å². The van der Waals surface area contributed by atoms with E-state index in [1.807, 2.05) is 12.1 Å². The van der Waals surface area contributed by atoms with Gasteiger partial charge in [0.15, 0.2) is 11.5 Å². The lowest BCUT2D eigenvalue weighted by molar-refractivity contribution is 0.171. The van der Waals surface area contributed by atoms with Gasteiger partial charge >= 0.3 is 0 Å². The molecule has 3 rings (SSSR count). The Hall–Kier alpha value is -2.37. The second kappa shape index (κ2) is 3.83. The number of nitrogens with zero attached hydrogens (tertiary/aromatic N) is 2. The number of fused-ring (bicyclic) bond motifs is 1. The van der Waals surface area contributed by atoms with Crippen molar-refractivity contribution in [3.05, 3.63) is 18.3 Å². The van der Waals surface area contributed by atoms with Crippen molar-refractivity contribution in [2.45, 2.75) is 0 Å². The van der Waals surface area contributed by atoms with Crippen molar-refractivity contribution in [2.75, 3.05) is 19.6 Å². The van der Waals surface area contributed by atoms with Crippen LogP contribution in [-0.2, 0) is 7.05 Å². The summed E-state index contributed by atoms with van der Waals surface area (Å²) in [5.41, 5.74) is 7.63. The minimum Gasteiger partial charge on any atom is -0.492 e. The summed E-state index contributed by atoms with van der Waals surface area (Å²) in [6.07, 6.45) is 1.70. The number of ether oxygens (including phenoxy) is 3. The first-order valence-electron chi connectivity index (χ1n) is 5.47. The zero-order valence-electron chi connectivity index (χ0n) is 10.1. The van der Waals surface area contributed by atoms with Crippen molar-refractivity contribution in [1.82, 2.24) is 9.78 Å². The van der Waals surface area contributed by atoms with Crippen LogP contribution in [-0.4, -0.2) is 23.7 Å². The van der Waals surface area contributed by atoms with Crippen molar-refractivity contribution in [3.63, 3.8) is 0 Å². The molecule has 1 aliphatic heterocycles. The molecule has 2 aromatic rings. The molecule has 1 aliphatic rings. The summed E-state index contributed by atoms with van der Waals surface area (Å²) in [6, 6.07) is 3.73.